The molecule has 3 nitrogen and oxygen atoms in total. The number of nitrogens with one attached hydrogen (secondary N) is 1. The number of benzene rings is 1. The van der Waals surface area contributed by atoms with Gasteiger partial charge in [0.1, 0.15) is 0 Å². The van der Waals surface area contributed by atoms with Gasteiger partial charge >= 0.3 is 0 Å². The van der Waals surface area contributed by atoms with E-state index < -0.39 is 0 Å². The van der Waals surface area contributed by atoms with Crippen molar-refractivity contribution < 1.29 is 4.79 Å². The second-order valence-corrected chi connectivity index (χ2v) is 5.02. The van der Waals surface area contributed by atoms with E-state index in [2.05, 4.69) is 21.2 Å². The van der Waals surface area contributed by atoms with Crippen molar-refractivity contribution in [2.75, 3.05) is 27.2 Å². The fraction of sp³-hybridized carbons (Fsp3) is 0.417. The second kappa shape index (κ2) is 6.99. The average Bonchev–Trinajstić information content (AvgIpc) is 2.32. The molecule has 0 aromatic heterocycles. The fourth-order valence-corrected chi connectivity index (χ4v) is 2.04. The van der Waals surface area contributed by atoms with Crippen LogP contribution in [-0.4, -0.2) is 38.0 Å². The molecule has 0 saturated carbocycles. The van der Waals surface area contributed by atoms with Crippen LogP contribution in [0.1, 0.15) is 16.8 Å². The molecule has 1 rings (SSSR count). The van der Waals surface area contributed by atoms with Crippen LogP contribution in [0.5, 0.6) is 0 Å². The van der Waals surface area contributed by atoms with Gasteiger partial charge in [-0.05, 0) is 48.1 Å². The minimum Gasteiger partial charge on any atom is -0.342 e. The van der Waals surface area contributed by atoms with Gasteiger partial charge in [-0.25, -0.2) is 0 Å². The van der Waals surface area contributed by atoms with Crippen molar-refractivity contribution >= 4 is 33.4 Å². The van der Waals surface area contributed by atoms with Crippen molar-refractivity contribution in [1.82, 2.24) is 10.2 Å². The van der Waals surface area contributed by atoms with Crippen molar-refractivity contribution in [3.8, 4) is 0 Å². The van der Waals surface area contributed by atoms with Gasteiger partial charge in [-0.3, -0.25) is 4.79 Å². The number of rotatable bonds is 5. The van der Waals surface area contributed by atoms with Crippen LogP contribution in [0.25, 0.3) is 0 Å². The van der Waals surface area contributed by atoms with Crippen LogP contribution < -0.4 is 5.32 Å². The summed E-state index contributed by atoms with van der Waals surface area (Å²) in [6.45, 7) is 1.60. The van der Waals surface area contributed by atoms with Crippen molar-refractivity contribution in [1.29, 1.82) is 0 Å². The third-order valence-electron chi connectivity index (χ3n) is 2.45. The summed E-state index contributed by atoms with van der Waals surface area (Å²) in [5.41, 5.74) is 0.535. The Morgan fingerprint density at radius 2 is 2.24 bits per heavy atom. The highest BCUT2D eigenvalue weighted by Gasteiger charge is 2.15. The third kappa shape index (κ3) is 3.98. The molecule has 1 aromatic rings. The van der Waals surface area contributed by atoms with E-state index in [1.807, 2.05) is 19.2 Å². The maximum atomic E-state index is 12.1. The van der Waals surface area contributed by atoms with Gasteiger partial charge in [-0.2, -0.15) is 0 Å². The average molecular weight is 320 g/mol. The molecule has 0 radical (unpaired) electrons. The summed E-state index contributed by atoms with van der Waals surface area (Å²) in [6.07, 6.45) is 0.921. The Kier molecular flexibility index (Phi) is 5.95. The Bertz CT molecular complexity index is 398. The molecule has 0 spiro atoms. The highest BCUT2D eigenvalue weighted by atomic mass is 79.9. The largest absolute Gasteiger partial charge is 0.342 e. The molecule has 0 fully saturated rings. The normalized spacial score (nSPS) is 10.4. The first-order valence-corrected chi connectivity index (χ1v) is 6.59. The van der Waals surface area contributed by atoms with Crippen molar-refractivity contribution in [2.45, 2.75) is 6.42 Å². The summed E-state index contributed by atoms with van der Waals surface area (Å²) in [6, 6.07) is 5.37. The lowest BCUT2D eigenvalue weighted by Crippen LogP contribution is -2.29. The molecule has 1 amide bonds. The van der Waals surface area contributed by atoms with E-state index >= 15 is 0 Å². The van der Waals surface area contributed by atoms with Crippen molar-refractivity contribution in [2.24, 2.45) is 0 Å². The summed E-state index contributed by atoms with van der Waals surface area (Å²) >= 11 is 9.40. The molecular formula is C12H16BrClN2O. The van der Waals surface area contributed by atoms with Crippen LogP contribution in [-0.2, 0) is 0 Å². The highest BCUT2D eigenvalue weighted by Crippen LogP contribution is 2.26. The molecule has 1 N–H and O–H groups in total. The molecule has 0 heterocycles. The first-order chi connectivity index (χ1) is 8.07. The van der Waals surface area contributed by atoms with Gasteiger partial charge in [0, 0.05) is 18.1 Å². The molecule has 0 atom stereocenters. The number of carbonyl (C=O) groups excluding carboxylic acids is 1. The lowest BCUT2D eigenvalue weighted by molar-refractivity contribution is 0.0794. The summed E-state index contributed by atoms with van der Waals surface area (Å²) < 4.78 is 0.744. The van der Waals surface area contributed by atoms with E-state index in [1.54, 1.807) is 18.0 Å². The second-order valence-electron chi connectivity index (χ2n) is 3.79. The molecule has 94 valence electrons. The summed E-state index contributed by atoms with van der Waals surface area (Å²) in [5, 5.41) is 3.52. The summed E-state index contributed by atoms with van der Waals surface area (Å²) in [4.78, 5) is 13.8. The quantitative estimate of drug-likeness (QED) is 0.847. The van der Waals surface area contributed by atoms with Gasteiger partial charge in [0.2, 0.25) is 0 Å². The predicted molar refractivity (Wildman–Crippen MR) is 74.7 cm³/mol. The van der Waals surface area contributed by atoms with Crippen LogP contribution in [0.2, 0.25) is 5.02 Å². The van der Waals surface area contributed by atoms with Gasteiger partial charge < -0.3 is 10.2 Å². The number of nitrogens with zero attached hydrogens (tertiary/aromatic N) is 1. The van der Waals surface area contributed by atoms with Crippen LogP contribution >= 0.6 is 27.5 Å². The maximum Gasteiger partial charge on any atom is 0.255 e. The SMILES string of the molecule is CNCCCN(C)C(=O)c1cccc(Br)c1Cl. The molecule has 5 heteroatoms. The molecule has 1 aromatic carbocycles. The first-order valence-electron chi connectivity index (χ1n) is 5.42. The zero-order valence-corrected chi connectivity index (χ0v) is 12.3. The standard InChI is InChI=1S/C12H16BrClN2O/c1-15-7-4-8-16(2)12(17)9-5-3-6-10(13)11(9)14/h3,5-6,15H,4,7-8H2,1-2H3. The molecule has 0 aliphatic heterocycles. The third-order valence-corrected chi connectivity index (χ3v) is 3.75. The summed E-state index contributed by atoms with van der Waals surface area (Å²) in [7, 11) is 3.68. The smallest absolute Gasteiger partial charge is 0.255 e. The van der Waals surface area contributed by atoms with E-state index in [0.29, 0.717) is 17.1 Å². The monoisotopic (exact) mass is 318 g/mol. The van der Waals surface area contributed by atoms with Crippen molar-refractivity contribution in [3.63, 3.8) is 0 Å². The molecule has 0 bridgehead atoms. The van der Waals surface area contributed by atoms with Crippen LogP contribution in [0.15, 0.2) is 22.7 Å². The highest BCUT2D eigenvalue weighted by molar-refractivity contribution is 9.10. The molecule has 0 aliphatic rings. The number of carbonyl (C=O) groups is 1. The molecule has 0 unspecified atom stereocenters. The van der Waals surface area contributed by atoms with E-state index in [9.17, 15) is 4.79 Å². The Balaban J connectivity index is 2.71. The zero-order valence-electron chi connectivity index (χ0n) is 9.96. The number of hydrogen-bond donors (Lipinski definition) is 1. The number of amides is 1. The first kappa shape index (κ1) is 14.5. The predicted octanol–water partition coefficient (Wildman–Crippen LogP) is 2.78. The van der Waals surface area contributed by atoms with Gasteiger partial charge in [0.25, 0.3) is 5.91 Å². The van der Waals surface area contributed by atoms with Crippen LogP contribution in [0.4, 0.5) is 0 Å². The van der Waals surface area contributed by atoms with Crippen molar-refractivity contribution in [3.05, 3.63) is 33.3 Å². The van der Waals surface area contributed by atoms with Crippen LogP contribution in [0, 0.1) is 0 Å². The van der Waals surface area contributed by atoms with Crippen LogP contribution in [0.3, 0.4) is 0 Å². The molecule has 0 aliphatic carbocycles. The maximum absolute atomic E-state index is 12.1. The minimum atomic E-state index is -0.0487. The molecule has 17 heavy (non-hydrogen) atoms. The Morgan fingerprint density at radius 3 is 2.88 bits per heavy atom. The Morgan fingerprint density at radius 1 is 1.53 bits per heavy atom. The molecule has 0 saturated heterocycles. The van der Waals surface area contributed by atoms with Gasteiger partial charge in [-0.1, -0.05) is 17.7 Å². The van der Waals surface area contributed by atoms with E-state index in [0.717, 1.165) is 17.4 Å². The van der Waals surface area contributed by atoms with E-state index in [-0.39, 0.29) is 5.91 Å². The van der Waals surface area contributed by atoms with Gasteiger partial charge in [0.05, 0.1) is 10.6 Å². The Hall–Kier alpha value is -0.580. The number of halogens is 2. The van der Waals surface area contributed by atoms with E-state index in [1.165, 1.54) is 0 Å². The minimum absolute atomic E-state index is 0.0487. The van der Waals surface area contributed by atoms with E-state index in [4.69, 9.17) is 11.6 Å². The topological polar surface area (TPSA) is 32.3 Å². The fourth-order valence-electron chi connectivity index (χ4n) is 1.47. The Labute approximate surface area is 115 Å². The molecular weight excluding hydrogens is 304 g/mol. The van der Waals surface area contributed by atoms with Gasteiger partial charge in [0.15, 0.2) is 0 Å². The lowest BCUT2D eigenvalue weighted by atomic mass is 10.2. The zero-order chi connectivity index (χ0) is 12.8. The summed E-state index contributed by atoms with van der Waals surface area (Å²) in [5.74, 6) is -0.0487. The lowest BCUT2D eigenvalue weighted by Gasteiger charge is -2.18. The van der Waals surface area contributed by atoms with Gasteiger partial charge in [-0.15, -0.1) is 0 Å². The number of hydrogen-bond acceptors (Lipinski definition) is 2.